The molecule has 8 heteroatoms. The van der Waals surface area contributed by atoms with Gasteiger partial charge in [0.15, 0.2) is 0 Å². The second-order valence-corrected chi connectivity index (χ2v) is 8.39. The number of carbonyl (C=O) groups is 2. The molecule has 0 aliphatic carbocycles. The number of hydrogen-bond acceptors (Lipinski definition) is 6. The van der Waals surface area contributed by atoms with Crippen LogP contribution in [0.2, 0.25) is 0 Å². The number of piperazine rings is 1. The Hall–Kier alpha value is -3.91. The lowest BCUT2D eigenvalue weighted by molar-refractivity contribution is -0.118. The highest BCUT2D eigenvalue weighted by Gasteiger charge is 2.33. The molecule has 3 heterocycles. The Kier molecular flexibility index (Phi) is 6.14. The fraction of sp³-hybridized carbons (Fsp3) is 0.269. The molecule has 8 nitrogen and oxygen atoms in total. The number of carbonyl (C=O) groups excluding carboxylic acids is 2. The molecule has 2 aliphatic heterocycles. The summed E-state index contributed by atoms with van der Waals surface area (Å²) in [5.74, 6) is 0.974. The molecule has 1 saturated heterocycles. The molecule has 0 radical (unpaired) electrons. The first-order valence-corrected chi connectivity index (χ1v) is 11.3. The summed E-state index contributed by atoms with van der Waals surface area (Å²) in [6.07, 6.45) is 3.51. The first-order chi connectivity index (χ1) is 16.6. The van der Waals surface area contributed by atoms with Gasteiger partial charge in [-0.1, -0.05) is 24.3 Å². The molecule has 2 amide bonds. The van der Waals surface area contributed by atoms with Crippen molar-refractivity contribution >= 4 is 17.5 Å². The number of nitrogens with zero attached hydrogens (tertiary/aromatic N) is 3. The van der Waals surface area contributed by atoms with Crippen molar-refractivity contribution in [3.8, 4) is 22.6 Å². The fourth-order valence-corrected chi connectivity index (χ4v) is 4.46. The average molecular weight is 459 g/mol. The maximum absolute atomic E-state index is 13.2. The Balaban J connectivity index is 1.36. The number of nitrogens with one attached hydrogen (secondary N) is 1. The van der Waals surface area contributed by atoms with Crippen LogP contribution < -0.4 is 14.8 Å². The van der Waals surface area contributed by atoms with E-state index in [2.05, 4.69) is 15.2 Å². The van der Waals surface area contributed by atoms with Crippen LogP contribution in [0, 0.1) is 0 Å². The lowest BCUT2D eigenvalue weighted by Gasteiger charge is -2.40. The number of aromatic nitrogens is 1. The molecular formula is C26H26N4O4. The molecule has 0 unspecified atom stereocenters. The van der Waals surface area contributed by atoms with Crippen LogP contribution in [-0.2, 0) is 4.79 Å². The largest absolute Gasteiger partial charge is 0.496 e. The summed E-state index contributed by atoms with van der Waals surface area (Å²) in [5.41, 5.74) is 3.07. The van der Waals surface area contributed by atoms with Gasteiger partial charge >= 0.3 is 0 Å². The summed E-state index contributed by atoms with van der Waals surface area (Å²) < 4.78 is 11.5. The summed E-state index contributed by atoms with van der Waals surface area (Å²) in [7, 11) is 1.56. The van der Waals surface area contributed by atoms with Crippen LogP contribution in [-0.4, -0.2) is 72.5 Å². The summed E-state index contributed by atoms with van der Waals surface area (Å²) in [6, 6.07) is 16.7. The maximum Gasteiger partial charge on any atom is 0.257 e. The van der Waals surface area contributed by atoms with E-state index in [1.165, 1.54) is 0 Å². The zero-order valence-electron chi connectivity index (χ0n) is 18.9. The number of hydrogen-bond donors (Lipinski definition) is 1. The second kappa shape index (κ2) is 9.52. The summed E-state index contributed by atoms with van der Waals surface area (Å²) in [5, 5.41) is 3.00. The normalized spacial score (nSPS) is 18.3. The predicted molar refractivity (Wildman–Crippen MR) is 128 cm³/mol. The first kappa shape index (κ1) is 21.9. The van der Waals surface area contributed by atoms with Crippen LogP contribution >= 0.6 is 0 Å². The van der Waals surface area contributed by atoms with Crippen molar-refractivity contribution in [2.75, 3.05) is 45.2 Å². The lowest BCUT2D eigenvalue weighted by atomic mass is 10.1. The Morgan fingerprint density at radius 1 is 1.12 bits per heavy atom. The Morgan fingerprint density at radius 2 is 2.00 bits per heavy atom. The maximum atomic E-state index is 13.2. The molecule has 174 valence electrons. The topological polar surface area (TPSA) is 84.0 Å². The molecule has 1 atom stereocenters. The van der Waals surface area contributed by atoms with Gasteiger partial charge in [-0.3, -0.25) is 19.5 Å². The van der Waals surface area contributed by atoms with E-state index < -0.39 is 0 Å². The van der Waals surface area contributed by atoms with Crippen LogP contribution in [0.1, 0.15) is 10.4 Å². The fourth-order valence-electron chi connectivity index (χ4n) is 4.46. The van der Waals surface area contributed by atoms with Crippen molar-refractivity contribution in [3.05, 3.63) is 72.6 Å². The van der Waals surface area contributed by atoms with E-state index >= 15 is 0 Å². The summed E-state index contributed by atoms with van der Waals surface area (Å²) in [6.45, 7) is 2.18. The molecule has 1 fully saturated rings. The number of amides is 2. The Morgan fingerprint density at radius 3 is 2.82 bits per heavy atom. The second-order valence-electron chi connectivity index (χ2n) is 8.39. The van der Waals surface area contributed by atoms with Gasteiger partial charge in [-0.15, -0.1) is 0 Å². The molecule has 3 aromatic rings. The number of fused-ring (bicyclic) bond motifs is 2. The standard InChI is InChI=1S/C26H26N4O4/c1-33-23-7-3-2-6-21(23)26(32)30-12-11-29-16-25(31)28-22-13-18(19-5-4-10-27-14-19)8-9-24(22)34-17-20(29)15-30/h2-10,13-14,20H,11-12,15-17H2,1H3,(H,28,31)/t20-/m0/s1. The lowest BCUT2D eigenvalue weighted by Crippen LogP contribution is -2.57. The summed E-state index contributed by atoms with van der Waals surface area (Å²) >= 11 is 0. The van der Waals surface area contributed by atoms with E-state index in [9.17, 15) is 9.59 Å². The SMILES string of the molecule is COc1ccccc1C(=O)N1CCN2CC(=O)Nc3cc(-c4cccnc4)ccc3OC[C@@H]2C1. The third kappa shape index (κ3) is 4.45. The van der Waals surface area contributed by atoms with Crippen molar-refractivity contribution in [2.45, 2.75) is 6.04 Å². The molecule has 1 N–H and O–H groups in total. The first-order valence-electron chi connectivity index (χ1n) is 11.3. The van der Waals surface area contributed by atoms with Crippen molar-refractivity contribution in [3.63, 3.8) is 0 Å². The highest BCUT2D eigenvalue weighted by molar-refractivity contribution is 5.97. The highest BCUT2D eigenvalue weighted by Crippen LogP contribution is 2.32. The van der Waals surface area contributed by atoms with Crippen molar-refractivity contribution in [1.82, 2.24) is 14.8 Å². The quantitative estimate of drug-likeness (QED) is 0.650. The third-order valence-corrected chi connectivity index (χ3v) is 6.26. The van der Waals surface area contributed by atoms with Crippen molar-refractivity contribution < 1.29 is 19.1 Å². The van der Waals surface area contributed by atoms with Gasteiger partial charge in [0, 0.05) is 37.6 Å². The van der Waals surface area contributed by atoms with E-state index in [-0.39, 0.29) is 24.4 Å². The molecular weight excluding hydrogens is 432 g/mol. The minimum Gasteiger partial charge on any atom is -0.496 e. The number of benzene rings is 2. The number of methoxy groups -OCH3 is 1. The van der Waals surface area contributed by atoms with Crippen LogP contribution in [0.25, 0.3) is 11.1 Å². The number of ether oxygens (including phenoxy) is 2. The number of rotatable bonds is 3. The zero-order chi connectivity index (χ0) is 23.5. The van der Waals surface area contributed by atoms with E-state index in [1.807, 2.05) is 47.4 Å². The van der Waals surface area contributed by atoms with E-state index in [0.29, 0.717) is 49.0 Å². The van der Waals surface area contributed by atoms with Crippen molar-refractivity contribution in [2.24, 2.45) is 0 Å². The number of para-hydroxylation sites is 1. The molecule has 5 rings (SSSR count). The Labute approximate surface area is 198 Å². The monoisotopic (exact) mass is 458 g/mol. The van der Waals surface area contributed by atoms with Crippen LogP contribution in [0.4, 0.5) is 5.69 Å². The molecule has 0 spiro atoms. The van der Waals surface area contributed by atoms with Gasteiger partial charge in [-0.2, -0.15) is 0 Å². The van der Waals surface area contributed by atoms with Crippen molar-refractivity contribution in [1.29, 1.82) is 0 Å². The molecule has 2 aliphatic rings. The minimum absolute atomic E-state index is 0.0806. The van der Waals surface area contributed by atoms with Gasteiger partial charge < -0.3 is 19.7 Å². The van der Waals surface area contributed by atoms with Gasteiger partial charge in [0.25, 0.3) is 5.91 Å². The van der Waals surface area contributed by atoms with Gasteiger partial charge in [0.05, 0.1) is 30.9 Å². The Bertz CT molecular complexity index is 1200. The molecule has 34 heavy (non-hydrogen) atoms. The van der Waals surface area contributed by atoms with Gasteiger partial charge in [0.2, 0.25) is 5.91 Å². The van der Waals surface area contributed by atoms with Gasteiger partial charge in [0.1, 0.15) is 18.1 Å². The van der Waals surface area contributed by atoms with Gasteiger partial charge in [-0.25, -0.2) is 0 Å². The van der Waals surface area contributed by atoms with E-state index in [1.54, 1.807) is 31.6 Å². The number of pyridine rings is 1. The molecule has 0 saturated carbocycles. The van der Waals surface area contributed by atoms with Crippen LogP contribution in [0.15, 0.2) is 67.0 Å². The smallest absolute Gasteiger partial charge is 0.257 e. The average Bonchev–Trinajstić information content (AvgIpc) is 2.94. The van der Waals surface area contributed by atoms with E-state index in [4.69, 9.17) is 9.47 Å². The van der Waals surface area contributed by atoms with Crippen LogP contribution in [0.5, 0.6) is 11.5 Å². The number of anilines is 1. The third-order valence-electron chi connectivity index (χ3n) is 6.26. The molecule has 0 bridgehead atoms. The summed E-state index contributed by atoms with van der Waals surface area (Å²) in [4.78, 5) is 34.1. The minimum atomic E-state index is -0.109. The van der Waals surface area contributed by atoms with Gasteiger partial charge in [-0.05, 0) is 35.9 Å². The molecule has 1 aromatic heterocycles. The highest BCUT2D eigenvalue weighted by atomic mass is 16.5. The van der Waals surface area contributed by atoms with Crippen LogP contribution in [0.3, 0.4) is 0 Å². The molecule has 2 aromatic carbocycles. The zero-order valence-corrected chi connectivity index (χ0v) is 18.9. The van der Waals surface area contributed by atoms with E-state index in [0.717, 1.165) is 11.1 Å². The predicted octanol–water partition coefficient (Wildman–Crippen LogP) is 2.91.